The third kappa shape index (κ3) is 5.61. The zero-order valence-electron chi connectivity index (χ0n) is 6.93. The molecule has 0 bridgehead atoms. The standard InChI is InChI=1S/C8H15NO2/c1-3-5-11-6-4-7(2)8(9)10/h2-6H2,1H3,(H2,9,10). The van der Waals surface area contributed by atoms with Gasteiger partial charge in [-0.2, -0.15) is 0 Å². The number of amides is 1. The molecule has 0 saturated carbocycles. The van der Waals surface area contributed by atoms with Gasteiger partial charge in [-0.3, -0.25) is 4.79 Å². The van der Waals surface area contributed by atoms with Gasteiger partial charge in [0.1, 0.15) is 0 Å². The molecule has 0 unspecified atom stereocenters. The highest BCUT2D eigenvalue weighted by Crippen LogP contribution is 1.96. The van der Waals surface area contributed by atoms with Gasteiger partial charge in [-0.25, -0.2) is 0 Å². The molecule has 0 heterocycles. The Bertz CT molecular complexity index is 143. The molecule has 0 aromatic carbocycles. The normalized spacial score (nSPS) is 9.55. The minimum absolute atomic E-state index is 0.432. The lowest BCUT2D eigenvalue weighted by molar-refractivity contribution is -0.114. The summed E-state index contributed by atoms with van der Waals surface area (Å²) in [4.78, 5) is 10.4. The van der Waals surface area contributed by atoms with Crippen LogP contribution >= 0.6 is 0 Å². The van der Waals surface area contributed by atoms with Gasteiger partial charge in [-0.15, -0.1) is 0 Å². The van der Waals surface area contributed by atoms with E-state index in [-0.39, 0.29) is 0 Å². The lowest BCUT2D eigenvalue weighted by Crippen LogP contribution is -2.14. The van der Waals surface area contributed by atoms with Gasteiger partial charge >= 0.3 is 0 Å². The summed E-state index contributed by atoms with van der Waals surface area (Å²) in [5, 5.41) is 0. The van der Waals surface area contributed by atoms with Gasteiger partial charge in [-0.05, 0) is 6.42 Å². The summed E-state index contributed by atoms with van der Waals surface area (Å²) >= 11 is 0. The van der Waals surface area contributed by atoms with Crippen LogP contribution in [0.25, 0.3) is 0 Å². The summed E-state index contributed by atoms with van der Waals surface area (Å²) in [6.45, 7) is 6.79. The Kier molecular flexibility index (Phi) is 5.47. The largest absolute Gasteiger partial charge is 0.381 e. The highest BCUT2D eigenvalue weighted by atomic mass is 16.5. The van der Waals surface area contributed by atoms with E-state index in [4.69, 9.17) is 10.5 Å². The molecule has 0 aliphatic rings. The number of hydrogen-bond acceptors (Lipinski definition) is 2. The molecule has 0 aliphatic carbocycles. The lowest BCUT2D eigenvalue weighted by Gasteiger charge is -2.01. The van der Waals surface area contributed by atoms with Crippen LogP contribution < -0.4 is 5.73 Å². The fourth-order valence-electron chi connectivity index (χ4n) is 0.565. The molecule has 64 valence electrons. The van der Waals surface area contributed by atoms with E-state index in [0.717, 1.165) is 13.0 Å². The van der Waals surface area contributed by atoms with Gasteiger partial charge in [0.15, 0.2) is 0 Å². The van der Waals surface area contributed by atoms with Gasteiger partial charge in [0, 0.05) is 18.6 Å². The van der Waals surface area contributed by atoms with E-state index in [1.165, 1.54) is 0 Å². The average Bonchev–Trinajstić information content (AvgIpc) is 1.97. The second-order valence-electron chi connectivity index (χ2n) is 2.33. The molecule has 0 radical (unpaired) electrons. The number of ether oxygens (including phenoxy) is 1. The Morgan fingerprint density at radius 2 is 2.18 bits per heavy atom. The molecule has 3 heteroatoms. The highest BCUT2D eigenvalue weighted by molar-refractivity contribution is 5.91. The SMILES string of the molecule is C=C(CCOCCC)C(N)=O. The van der Waals surface area contributed by atoms with Crippen molar-refractivity contribution < 1.29 is 9.53 Å². The second kappa shape index (κ2) is 5.92. The van der Waals surface area contributed by atoms with Gasteiger partial charge in [0.2, 0.25) is 5.91 Å². The molecule has 3 nitrogen and oxygen atoms in total. The summed E-state index contributed by atoms with van der Waals surface area (Å²) in [5.74, 6) is -0.440. The van der Waals surface area contributed by atoms with Gasteiger partial charge in [0.05, 0.1) is 6.61 Å². The smallest absolute Gasteiger partial charge is 0.244 e. The first-order valence-electron chi connectivity index (χ1n) is 3.73. The van der Waals surface area contributed by atoms with E-state index in [0.29, 0.717) is 18.6 Å². The van der Waals surface area contributed by atoms with Crippen LogP contribution in [0, 0.1) is 0 Å². The monoisotopic (exact) mass is 157 g/mol. The van der Waals surface area contributed by atoms with Crippen molar-refractivity contribution in [3.05, 3.63) is 12.2 Å². The van der Waals surface area contributed by atoms with Gasteiger partial charge in [0.25, 0.3) is 0 Å². The van der Waals surface area contributed by atoms with E-state index in [1.54, 1.807) is 0 Å². The molecule has 0 atom stereocenters. The highest BCUT2D eigenvalue weighted by Gasteiger charge is 1.99. The first kappa shape index (κ1) is 10.2. The molecular formula is C8H15NO2. The average molecular weight is 157 g/mol. The van der Waals surface area contributed by atoms with Crippen LogP contribution in [0.2, 0.25) is 0 Å². The molecule has 0 aromatic heterocycles. The lowest BCUT2D eigenvalue weighted by atomic mass is 10.2. The number of hydrogen-bond donors (Lipinski definition) is 1. The predicted octanol–water partition coefficient (Wildman–Crippen LogP) is 0.845. The Hall–Kier alpha value is -0.830. The Morgan fingerprint density at radius 1 is 1.55 bits per heavy atom. The van der Waals surface area contributed by atoms with E-state index >= 15 is 0 Å². The summed E-state index contributed by atoms with van der Waals surface area (Å²) in [6, 6.07) is 0. The maximum atomic E-state index is 10.4. The van der Waals surface area contributed by atoms with Gasteiger partial charge < -0.3 is 10.5 Å². The maximum Gasteiger partial charge on any atom is 0.244 e. The summed E-state index contributed by atoms with van der Waals surface area (Å²) < 4.78 is 5.14. The van der Waals surface area contributed by atoms with Crippen molar-refractivity contribution in [2.24, 2.45) is 5.73 Å². The van der Waals surface area contributed by atoms with Crippen molar-refractivity contribution in [3.8, 4) is 0 Å². The second-order valence-corrected chi connectivity index (χ2v) is 2.33. The fourth-order valence-corrected chi connectivity index (χ4v) is 0.565. The summed E-state index contributed by atoms with van der Waals surface area (Å²) in [7, 11) is 0. The third-order valence-corrected chi connectivity index (χ3v) is 1.25. The van der Waals surface area contributed by atoms with E-state index in [1.807, 2.05) is 6.92 Å². The van der Waals surface area contributed by atoms with Crippen molar-refractivity contribution >= 4 is 5.91 Å². The van der Waals surface area contributed by atoms with E-state index in [9.17, 15) is 4.79 Å². The van der Waals surface area contributed by atoms with Crippen LogP contribution in [0.1, 0.15) is 19.8 Å². The van der Waals surface area contributed by atoms with Crippen LogP contribution in [0.4, 0.5) is 0 Å². The fraction of sp³-hybridized carbons (Fsp3) is 0.625. The minimum atomic E-state index is -0.440. The topological polar surface area (TPSA) is 52.3 Å². The first-order chi connectivity index (χ1) is 5.18. The first-order valence-corrected chi connectivity index (χ1v) is 3.73. The quantitative estimate of drug-likeness (QED) is 0.459. The minimum Gasteiger partial charge on any atom is -0.381 e. The van der Waals surface area contributed by atoms with Crippen molar-refractivity contribution in [3.63, 3.8) is 0 Å². The molecule has 0 spiro atoms. The van der Waals surface area contributed by atoms with Gasteiger partial charge in [-0.1, -0.05) is 13.5 Å². The van der Waals surface area contributed by atoms with Crippen LogP contribution in [0.3, 0.4) is 0 Å². The molecule has 11 heavy (non-hydrogen) atoms. The molecule has 1 amide bonds. The zero-order chi connectivity index (χ0) is 8.69. The molecule has 0 saturated heterocycles. The molecule has 0 fully saturated rings. The maximum absolute atomic E-state index is 10.4. The van der Waals surface area contributed by atoms with Crippen LogP contribution in [0.15, 0.2) is 12.2 Å². The van der Waals surface area contributed by atoms with Crippen molar-refractivity contribution in [1.29, 1.82) is 0 Å². The summed E-state index contributed by atoms with van der Waals surface area (Å²) in [5.41, 5.74) is 5.39. The number of nitrogens with two attached hydrogens (primary N) is 1. The van der Waals surface area contributed by atoms with E-state index in [2.05, 4.69) is 6.58 Å². The van der Waals surface area contributed by atoms with Crippen molar-refractivity contribution in [1.82, 2.24) is 0 Å². The predicted molar refractivity (Wildman–Crippen MR) is 44.1 cm³/mol. The van der Waals surface area contributed by atoms with Crippen LogP contribution in [-0.2, 0) is 9.53 Å². The zero-order valence-corrected chi connectivity index (χ0v) is 6.93. The Labute approximate surface area is 67.2 Å². The Balaban J connectivity index is 3.25. The molecule has 2 N–H and O–H groups in total. The molecule has 0 aromatic rings. The Morgan fingerprint density at radius 3 is 2.64 bits per heavy atom. The summed E-state index contributed by atoms with van der Waals surface area (Å²) in [6.07, 6.45) is 1.53. The van der Waals surface area contributed by atoms with Crippen LogP contribution in [-0.4, -0.2) is 19.1 Å². The number of primary amides is 1. The van der Waals surface area contributed by atoms with Crippen molar-refractivity contribution in [2.45, 2.75) is 19.8 Å². The third-order valence-electron chi connectivity index (χ3n) is 1.25. The molecule has 0 rings (SSSR count). The van der Waals surface area contributed by atoms with Crippen molar-refractivity contribution in [2.75, 3.05) is 13.2 Å². The molecular weight excluding hydrogens is 142 g/mol. The number of carbonyl (C=O) groups is 1. The molecule has 0 aliphatic heterocycles. The number of rotatable bonds is 6. The van der Waals surface area contributed by atoms with E-state index < -0.39 is 5.91 Å². The number of carbonyl (C=O) groups excluding carboxylic acids is 1. The van der Waals surface area contributed by atoms with Crippen LogP contribution in [0.5, 0.6) is 0 Å².